The van der Waals surface area contributed by atoms with E-state index in [-0.39, 0.29) is 5.41 Å². The molecule has 2 heterocycles. The average molecular weight is 194 g/mol. The predicted molar refractivity (Wildman–Crippen MR) is 56.1 cm³/mol. The van der Waals surface area contributed by atoms with Gasteiger partial charge >= 0.3 is 0 Å². The van der Waals surface area contributed by atoms with Gasteiger partial charge in [0.15, 0.2) is 0 Å². The zero-order valence-electron chi connectivity index (χ0n) is 8.62. The SMILES string of the molecule is CC(CN)CC1(c2ccc[nH]2)COC1. The molecule has 1 aliphatic heterocycles. The van der Waals surface area contributed by atoms with Crippen LogP contribution in [0.15, 0.2) is 18.3 Å². The van der Waals surface area contributed by atoms with Crippen LogP contribution in [0.5, 0.6) is 0 Å². The number of aromatic amines is 1. The summed E-state index contributed by atoms with van der Waals surface area (Å²) in [6, 6.07) is 4.19. The second kappa shape index (κ2) is 3.75. The number of ether oxygens (including phenoxy) is 1. The van der Waals surface area contributed by atoms with Crippen LogP contribution in [0.4, 0.5) is 0 Å². The molecule has 0 amide bonds. The monoisotopic (exact) mass is 194 g/mol. The van der Waals surface area contributed by atoms with Crippen LogP contribution >= 0.6 is 0 Å². The first-order valence-corrected chi connectivity index (χ1v) is 5.18. The molecular weight excluding hydrogens is 176 g/mol. The van der Waals surface area contributed by atoms with E-state index in [1.807, 2.05) is 12.3 Å². The maximum atomic E-state index is 5.66. The highest BCUT2D eigenvalue weighted by atomic mass is 16.5. The quantitative estimate of drug-likeness (QED) is 0.758. The molecule has 1 aromatic heterocycles. The number of aromatic nitrogens is 1. The molecule has 1 unspecified atom stereocenters. The summed E-state index contributed by atoms with van der Waals surface area (Å²) in [5.74, 6) is 0.558. The largest absolute Gasteiger partial charge is 0.379 e. The van der Waals surface area contributed by atoms with E-state index in [1.54, 1.807) is 0 Å². The summed E-state index contributed by atoms with van der Waals surface area (Å²) in [5.41, 5.74) is 7.17. The van der Waals surface area contributed by atoms with E-state index in [4.69, 9.17) is 10.5 Å². The van der Waals surface area contributed by atoms with E-state index in [0.29, 0.717) is 5.92 Å². The lowest BCUT2D eigenvalue weighted by Crippen LogP contribution is -2.48. The lowest BCUT2D eigenvalue weighted by molar-refractivity contribution is -0.0720. The second-order valence-corrected chi connectivity index (χ2v) is 4.40. The summed E-state index contributed by atoms with van der Waals surface area (Å²) < 4.78 is 5.35. The summed E-state index contributed by atoms with van der Waals surface area (Å²) in [6.45, 7) is 4.61. The van der Waals surface area contributed by atoms with Gasteiger partial charge in [-0.15, -0.1) is 0 Å². The van der Waals surface area contributed by atoms with E-state index in [0.717, 1.165) is 26.2 Å². The van der Waals surface area contributed by atoms with E-state index >= 15 is 0 Å². The minimum atomic E-state index is 0.211. The molecule has 1 aromatic rings. The molecule has 1 aliphatic rings. The third-order valence-electron chi connectivity index (χ3n) is 3.07. The van der Waals surface area contributed by atoms with Crippen LogP contribution in [0.3, 0.4) is 0 Å². The highest BCUT2D eigenvalue weighted by Gasteiger charge is 2.41. The molecule has 1 saturated heterocycles. The summed E-state index contributed by atoms with van der Waals surface area (Å²) in [5, 5.41) is 0. The normalized spacial score (nSPS) is 21.6. The summed E-state index contributed by atoms with van der Waals surface area (Å²) >= 11 is 0. The molecule has 3 heteroatoms. The van der Waals surface area contributed by atoms with E-state index in [1.165, 1.54) is 5.69 Å². The third-order valence-corrected chi connectivity index (χ3v) is 3.07. The number of nitrogens with two attached hydrogens (primary N) is 1. The molecule has 14 heavy (non-hydrogen) atoms. The first-order valence-electron chi connectivity index (χ1n) is 5.18. The fourth-order valence-electron chi connectivity index (χ4n) is 2.14. The second-order valence-electron chi connectivity index (χ2n) is 4.40. The molecule has 0 spiro atoms. The molecule has 0 aliphatic carbocycles. The third kappa shape index (κ3) is 1.57. The lowest BCUT2D eigenvalue weighted by atomic mass is 9.75. The highest BCUT2D eigenvalue weighted by Crippen LogP contribution is 2.37. The minimum absolute atomic E-state index is 0.211. The molecule has 0 radical (unpaired) electrons. The molecule has 3 N–H and O–H groups in total. The van der Waals surface area contributed by atoms with Gasteiger partial charge in [-0.1, -0.05) is 6.92 Å². The highest BCUT2D eigenvalue weighted by molar-refractivity contribution is 5.21. The van der Waals surface area contributed by atoms with Crippen molar-refractivity contribution in [2.45, 2.75) is 18.8 Å². The first-order chi connectivity index (χ1) is 6.77. The van der Waals surface area contributed by atoms with Crippen LogP contribution in [-0.4, -0.2) is 24.7 Å². The van der Waals surface area contributed by atoms with Gasteiger partial charge in [-0.2, -0.15) is 0 Å². The Balaban J connectivity index is 2.10. The Morgan fingerprint density at radius 2 is 2.43 bits per heavy atom. The van der Waals surface area contributed by atoms with Crippen molar-refractivity contribution >= 4 is 0 Å². The van der Waals surface area contributed by atoms with Crippen LogP contribution in [0.2, 0.25) is 0 Å². The zero-order chi connectivity index (χ0) is 10.0. The zero-order valence-corrected chi connectivity index (χ0v) is 8.62. The predicted octanol–water partition coefficient (Wildman–Crippen LogP) is 1.27. The minimum Gasteiger partial charge on any atom is -0.379 e. The van der Waals surface area contributed by atoms with Gasteiger partial charge in [-0.3, -0.25) is 0 Å². The Morgan fingerprint density at radius 1 is 1.64 bits per heavy atom. The van der Waals surface area contributed by atoms with Gasteiger partial charge in [-0.25, -0.2) is 0 Å². The number of H-pyrrole nitrogens is 1. The van der Waals surface area contributed by atoms with Crippen LogP contribution in [-0.2, 0) is 10.2 Å². The molecule has 0 bridgehead atoms. The molecular formula is C11H18N2O. The van der Waals surface area contributed by atoms with Crippen molar-refractivity contribution in [2.24, 2.45) is 11.7 Å². The Morgan fingerprint density at radius 3 is 2.86 bits per heavy atom. The van der Waals surface area contributed by atoms with Crippen LogP contribution < -0.4 is 5.73 Å². The Hall–Kier alpha value is -0.800. The van der Waals surface area contributed by atoms with Gasteiger partial charge in [0.05, 0.1) is 18.6 Å². The number of hydrogen-bond acceptors (Lipinski definition) is 2. The van der Waals surface area contributed by atoms with Crippen molar-refractivity contribution in [2.75, 3.05) is 19.8 Å². The lowest BCUT2D eigenvalue weighted by Gasteiger charge is -2.42. The van der Waals surface area contributed by atoms with Crippen LogP contribution in [0, 0.1) is 5.92 Å². The molecule has 1 fully saturated rings. The Labute approximate surface area is 84.6 Å². The topological polar surface area (TPSA) is 51.0 Å². The number of nitrogens with one attached hydrogen (secondary N) is 1. The van der Waals surface area contributed by atoms with Gasteiger partial charge in [-0.05, 0) is 31.0 Å². The van der Waals surface area contributed by atoms with Crippen LogP contribution in [0.1, 0.15) is 19.0 Å². The molecule has 2 rings (SSSR count). The average Bonchev–Trinajstić information content (AvgIpc) is 2.63. The van der Waals surface area contributed by atoms with Gasteiger partial charge in [0.1, 0.15) is 0 Å². The van der Waals surface area contributed by atoms with Gasteiger partial charge in [0.25, 0.3) is 0 Å². The van der Waals surface area contributed by atoms with Crippen molar-refractivity contribution in [3.63, 3.8) is 0 Å². The van der Waals surface area contributed by atoms with E-state index < -0.39 is 0 Å². The Kier molecular flexibility index (Phi) is 2.61. The maximum Gasteiger partial charge on any atom is 0.0600 e. The van der Waals surface area contributed by atoms with Crippen LogP contribution in [0.25, 0.3) is 0 Å². The summed E-state index contributed by atoms with van der Waals surface area (Å²) in [4.78, 5) is 3.29. The molecule has 78 valence electrons. The van der Waals surface area contributed by atoms with Gasteiger partial charge in [0.2, 0.25) is 0 Å². The maximum absolute atomic E-state index is 5.66. The summed E-state index contributed by atoms with van der Waals surface area (Å²) in [7, 11) is 0. The fraction of sp³-hybridized carbons (Fsp3) is 0.636. The standard InChI is InChI=1S/C11H18N2O/c1-9(6-12)5-11(7-14-8-11)10-3-2-4-13-10/h2-4,9,13H,5-8,12H2,1H3. The van der Waals surface area contributed by atoms with Crippen molar-refractivity contribution in [1.29, 1.82) is 0 Å². The molecule has 0 saturated carbocycles. The summed E-state index contributed by atoms with van der Waals surface area (Å²) in [6.07, 6.45) is 3.09. The fourth-order valence-corrected chi connectivity index (χ4v) is 2.14. The molecule has 1 atom stereocenters. The van der Waals surface area contributed by atoms with E-state index in [2.05, 4.69) is 18.0 Å². The van der Waals surface area contributed by atoms with Gasteiger partial charge < -0.3 is 15.5 Å². The molecule has 0 aromatic carbocycles. The van der Waals surface area contributed by atoms with E-state index in [9.17, 15) is 0 Å². The Bertz CT molecular complexity index is 277. The smallest absolute Gasteiger partial charge is 0.0600 e. The molecule has 3 nitrogen and oxygen atoms in total. The van der Waals surface area contributed by atoms with Gasteiger partial charge in [0, 0.05) is 11.9 Å². The van der Waals surface area contributed by atoms with Crippen molar-refractivity contribution in [3.05, 3.63) is 24.0 Å². The number of rotatable bonds is 4. The number of hydrogen-bond donors (Lipinski definition) is 2. The van der Waals surface area contributed by atoms with Crippen molar-refractivity contribution in [1.82, 2.24) is 4.98 Å². The van der Waals surface area contributed by atoms with Crippen molar-refractivity contribution in [3.8, 4) is 0 Å². The first kappa shape index (κ1) is 9.74. The van der Waals surface area contributed by atoms with Crippen molar-refractivity contribution < 1.29 is 4.74 Å².